The van der Waals surface area contributed by atoms with Gasteiger partial charge in [-0.15, -0.1) is 0 Å². The van der Waals surface area contributed by atoms with Gasteiger partial charge >= 0.3 is 0 Å². The van der Waals surface area contributed by atoms with Crippen LogP contribution in [0, 0.1) is 5.82 Å². The minimum absolute atomic E-state index is 0.328. The Kier molecular flexibility index (Phi) is 6.09. The van der Waals surface area contributed by atoms with Crippen molar-refractivity contribution in [3.8, 4) is 34.0 Å². The summed E-state index contributed by atoms with van der Waals surface area (Å²) in [5, 5.41) is 10.9. The first-order chi connectivity index (χ1) is 18.6. The third-order valence-corrected chi connectivity index (χ3v) is 6.32. The van der Waals surface area contributed by atoms with Gasteiger partial charge in [0.2, 0.25) is 0 Å². The lowest BCUT2D eigenvalue weighted by Crippen LogP contribution is -1.99. The van der Waals surface area contributed by atoms with Crippen LogP contribution < -0.4 is 5.32 Å². The molecule has 0 aliphatic carbocycles. The Bertz CT molecular complexity index is 1780. The summed E-state index contributed by atoms with van der Waals surface area (Å²) >= 11 is 0. The molecule has 0 aliphatic rings. The second-order valence-electron chi connectivity index (χ2n) is 9.11. The number of aromatic amines is 2. The van der Waals surface area contributed by atoms with Gasteiger partial charge in [0, 0.05) is 29.2 Å². The molecule has 188 valence electrons. The van der Waals surface area contributed by atoms with Gasteiger partial charge in [-0.2, -0.15) is 5.10 Å². The van der Waals surface area contributed by atoms with Gasteiger partial charge in [0.05, 0.1) is 34.3 Å². The molecule has 0 aliphatic heterocycles. The van der Waals surface area contributed by atoms with Crippen molar-refractivity contribution in [2.75, 3.05) is 5.32 Å². The molecule has 1 aromatic carbocycles. The monoisotopic (exact) mass is 504 g/mol. The van der Waals surface area contributed by atoms with Crippen molar-refractivity contribution >= 4 is 27.8 Å². The van der Waals surface area contributed by atoms with Gasteiger partial charge in [0.25, 0.3) is 0 Å². The summed E-state index contributed by atoms with van der Waals surface area (Å²) in [6, 6.07) is 14.0. The number of aromatic nitrogens is 7. The minimum atomic E-state index is -0.328. The summed E-state index contributed by atoms with van der Waals surface area (Å²) < 4.78 is 13.9. The molecule has 8 nitrogen and oxygen atoms in total. The van der Waals surface area contributed by atoms with Crippen LogP contribution in [0.3, 0.4) is 0 Å². The average Bonchev–Trinajstić information content (AvgIpc) is 3.55. The van der Waals surface area contributed by atoms with Crippen molar-refractivity contribution in [3.05, 3.63) is 85.2 Å². The third kappa shape index (κ3) is 4.50. The van der Waals surface area contributed by atoms with E-state index in [0.29, 0.717) is 33.8 Å². The molecule has 0 fully saturated rings. The molecular weight excluding hydrogens is 479 g/mol. The molecule has 0 saturated heterocycles. The Morgan fingerprint density at radius 3 is 2.74 bits per heavy atom. The molecule has 3 N–H and O–H groups in total. The lowest BCUT2D eigenvalue weighted by Gasteiger charge is -2.10. The van der Waals surface area contributed by atoms with E-state index >= 15 is 0 Å². The Morgan fingerprint density at radius 2 is 1.87 bits per heavy atom. The molecule has 6 rings (SSSR count). The Labute approximate surface area is 218 Å². The second-order valence-corrected chi connectivity index (χ2v) is 9.11. The highest BCUT2D eigenvalue weighted by Crippen LogP contribution is 2.31. The number of imidazole rings is 1. The third-order valence-electron chi connectivity index (χ3n) is 6.32. The number of benzene rings is 1. The lowest BCUT2D eigenvalue weighted by molar-refractivity contribution is 0.628. The van der Waals surface area contributed by atoms with Crippen LogP contribution in [0.5, 0.6) is 0 Å². The fourth-order valence-corrected chi connectivity index (χ4v) is 4.42. The number of rotatable bonds is 8. The fraction of sp³-hybridized carbons (Fsp3) is 0.138. The number of allylic oxidation sites excluding steroid dienone is 1. The van der Waals surface area contributed by atoms with E-state index in [1.807, 2.05) is 30.3 Å². The number of pyridine rings is 3. The molecule has 0 atom stereocenters. The number of unbranched alkanes of at least 4 members (excludes halogenated alkanes) is 1. The Hall–Kier alpha value is -4.92. The van der Waals surface area contributed by atoms with Crippen LogP contribution >= 0.6 is 0 Å². The molecule has 0 saturated carbocycles. The van der Waals surface area contributed by atoms with Crippen LogP contribution in [0.4, 0.5) is 10.1 Å². The normalized spacial score (nSPS) is 11.3. The first-order valence-electron chi connectivity index (χ1n) is 12.5. The fourth-order valence-electron chi connectivity index (χ4n) is 4.42. The summed E-state index contributed by atoms with van der Waals surface area (Å²) in [6.07, 6.45) is 8.35. The zero-order chi connectivity index (χ0) is 26.1. The van der Waals surface area contributed by atoms with Crippen molar-refractivity contribution < 1.29 is 4.39 Å². The first kappa shape index (κ1) is 23.5. The number of nitrogens with zero attached hydrogens (tertiary/aromatic N) is 5. The van der Waals surface area contributed by atoms with Gasteiger partial charge in [-0.3, -0.25) is 15.1 Å². The highest BCUT2D eigenvalue weighted by molar-refractivity contribution is 5.95. The molecule has 0 unspecified atom stereocenters. The number of H-pyrrole nitrogens is 2. The molecule has 0 bridgehead atoms. The highest BCUT2D eigenvalue weighted by Gasteiger charge is 2.17. The molecular formula is C29H25FN8. The minimum Gasteiger partial charge on any atom is -0.358 e. The van der Waals surface area contributed by atoms with E-state index in [4.69, 9.17) is 9.97 Å². The summed E-state index contributed by atoms with van der Waals surface area (Å²) in [5.74, 6) is 0.216. The van der Waals surface area contributed by atoms with E-state index in [-0.39, 0.29) is 5.82 Å². The SMILES string of the molecule is C=C(CCCC)Nc1cncc(-c2ccc3[nH]nc(-c4nc5c(-c6cccc(F)c6)nccc5[nH]4)c3n2)c1. The molecule has 5 heterocycles. The molecule has 6 aromatic rings. The molecule has 5 aromatic heterocycles. The number of hydrogen-bond donors (Lipinski definition) is 3. The maximum Gasteiger partial charge on any atom is 0.161 e. The largest absolute Gasteiger partial charge is 0.358 e. The molecule has 0 amide bonds. The maximum atomic E-state index is 13.9. The van der Waals surface area contributed by atoms with Gasteiger partial charge < -0.3 is 10.3 Å². The molecule has 0 spiro atoms. The zero-order valence-corrected chi connectivity index (χ0v) is 20.8. The molecule has 38 heavy (non-hydrogen) atoms. The highest BCUT2D eigenvalue weighted by atomic mass is 19.1. The van der Waals surface area contributed by atoms with Crippen molar-refractivity contribution in [2.45, 2.75) is 26.2 Å². The van der Waals surface area contributed by atoms with Crippen LogP contribution in [-0.4, -0.2) is 35.1 Å². The summed E-state index contributed by atoms with van der Waals surface area (Å²) in [7, 11) is 0. The topological polar surface area (TPSA) is 108 Å². The maximum absolute atomic E-state index is 13.9. The molecule has 0 radical (unpaired) electrons. The number of anilines is 1. The summed E-state index contributed by atoms with van der Waals surface area (Å²) in [4.78, 5) is 21.9. The van der Waals surface area contributed by atoms with Crippen molar-refractivity contribution in [2.24, 2.45) is 0 Å². The number of fused-ring (bicyclic) bond motifs is 2. The van der Waals surface area contributed by atoms with Crippen LogP contribution in [0.1, 0.15) is 26.2 Å². The quantitative estimate of drug-likeness (QED) is 0.208. The van der Waals surface area contributed by atoms with Gasteiger partial charge in [-0.25, -0.2) is 14.4 Å². The molecule has 9 heteroatoms. The van der Waals surface area contributed by atoms with E-state index in [1.165, 1.54) is 12.1 Å². The van der Waals surface area contributed by atoms with Crippen molar-refractivity contribution in [1.82, 2.24) is 35.1 Å². The van der Waals surface area contributed by atoms with E-state index in [1.54, 1.807) is 24.7 Å². The van der Waals surface area contributed by atoms with Gasteiger partial charge in [0.1, 0.15) is 16.9 Å². The second kappa shape index (κ2) is 9.85. The van der Waals surface area contributed by atoms with E-state index in [0.717, 1.165) is 52.9 Å². The van der Waals surface area contributed by atoms with Crippen LogP contribution in [0.2, 0.25) is 0 Å². The smallest absolute Gasteiger partial charge is 0.161 e. The number of halogens is 1. The van der Waals surface area contributed by atoms with Crippen LogP contribution in [0.15, 0.2) is 79.4 Å². The van der Waals surface area contributed by atoms with Crippen molar-refractivity contribution in [3.63, 3.8) is 0 Å². The summed E-state index contributed by atoms with van der Waals surface area (Å²) in [5.41, 5.74) is 8.14. The standard InChI is InChI=1S/C29H25FN8/c1-3-4-6-17(2)33-21-14-19(15-31-16-21)22-9-10-24-27(34-22)28(38-37-24)29-35-23-11-12-32-25(26(23)36-29)18-7-5-8-20(30)13-18/h5,7-16,33H,2-4,6H2,1H3,(H,35,36)(H,37,38). The lowest BCUT2D eigenvalue weighted by atomic mass is 10.1. The number of hydrogen-bond acceptors (Lipinski definition) is 6. The van der Waals surface area contributed by atoms with Gasteiger partial charge in [-0.05, 0) is 49.2 Å². The first-order valence-corrected chi connectivity index (χ1v) is 12.5. The Balaban J connectivity index is 1.37. The predicted molar refractivity (Wildman–Crippen MR) is 148 cm³/mol. The summed E-state index contributed by atoms with van der Waals surface area (Å²) in [6.45, 7) is 6.28. The zero-order valence-electron chi connectivity index (χ0n) is 20.8. The van der Waals surface area contributed by atoms with E-state index < -0.39 is 0 Å². The van der Waals surface area contributed by atoms with E-state index in [9.17, 15) is 4.39 Å². The van der Waals surface area contributed by atoms with Gasteiger partial charge in [-0.1, -0.05) is 32.1 Å². The Morgan fingerprint density at radius 1 is 0.974 bits per heavy atom. The van der Waals surface area contributed by atoms with Crippen molar-refractivity contribution in [1.29, 1.82) is 0 Å². The predicted octanol–water partition coefficient (Wildman–Crippen LogP) is 6.88. The van der Waals surface area contributed by atoms with Crippen LogP contribution in [-0.2, 0) is 0 Å². The van der Waals surface area contributed by atoms with Gasteiger partial charge in [0.15, 0.2) is 11.5 Å². The van der Waals surface area contributed by atoms with E-state index in [2.05, 4.69) is 44.0 Å². The average molecular weight is 505 g/mol. The number of nitrogens with one attached hydrogen (secondary N) is 3. The van der Waals surface area contributed by atoms with Crippen LogP contribution in [0.25, 0.3) is 56.1 Å².